The van der Waals surface area contributed by atoms with Gasteiger partial charge in [0.15, 0.2) is 0 Å². The van der Waals surface area contributed by atoms with Crippen molar-refractivity contribution in [1.82, 2.24) is 14.2 Å². The quantitative estimate of drug-likeness (QED) is 0.687. The number of aryl methyl sites for hydroxylation is 1. The molecule has 7 nitrogen and oxygen atoms in total. The molecule has 1 amide bonds. The summed E-state index contributed by atoms with van der Waals surface area (Å²) in [6, 6.07) is 5.13. The Hall–Kier alpha value is -1.61. The first-order valence-electron chi connectivity index (χ1n) is 11.9. The van der Waals surface area contributed by atoms with Crippen molar-refractivity contribution in [1.29, 1.82) is 0 Å². The van der Waals surface area contributed by atoms with Gasteiger partial charge in [0.1, 0.15) is 0 Å². The minimum Gasteiger partial charge on any atom is -0.377 e. The van der Waals surface area contributed by atoms with Crippen LogP contribution in [0.2, 0.25) is 5.02 Å². The molecule has 5 rings (SSSR count). The number of carbonyl (C=O) groups excluding carboxylic acids is 1. The average Bonchev–Trinajstić information content (AvgIpc) is 3.60. The standard InChI is InChI=1S/C24H32ClN3O4S/c1-15-14-32-12-11-28(15)24(29)17-5-7-18(8-6-17)26-33(30,31)19-9-10-20-21(13-19)27(2)23(22(20)25)16-3-4-16/h9-10,13,15-18,26H,3-8,11-12,14H2,1-2H3/t15-,17?,18?/m0/s1. The Morgan fingerprint density at radius 2 is 1.88 bits per heavy atom. The molecular weight excluding hydrogens is 462 g/mol. The van der Waals surface area contributed by atoms with Gasteiger partial charge in [0, 0.05) is 42.6 Å². The van der Waals surface area contributed by atoms with E-state index in [9.17, 15) is 13.2 Å². The molecule has 1 aromatic heterocycles. The van der Waals surface area contributed by atoms with Crippen LogP contribution in [0, 0.1) is 5.92 Å². The molecular formula is C24H32ClN3O4S. The second-order valence-corrected chi connectivity index (χ2v) is 11.9. The zero-order chi connectivity index (χ0) is 23.3. The predicted molar refractivity (Wildman–Crippen MR) is 128 cm³/mol. The first-order valence-corrected chi connectivity index (χ1v) is 13.8. The van der Waals surface area contributed by atoms with Gasteiger partial charge in [-0.25, -0.2) is 13.1 Å². The zero-order valence-electron chi connectivity index (χ0n) is 19.2. The lowest BCUT2D eigenvalue weighted by Gasteiger charge is -2.37. The summed E-state index contributed by atoms with van der Waals surface area (Å²) in [4.78, 5) is 15.1. The highest BCUT2D eigenvalue weighted by Crippen LogP contribution is 2.46. The van der Waals surface area contributed by atoms with Crippen molar-refractivity contribution in [2.45, 2.75) is 68.3 Å². The number of fused-ring (bicyclic) bond motifs is 1. The van der Waals surface area contributed by atoms with Crippen molar-refractivity contribution in [3.8, 4) is 0 Å². The van der Waals surface area contributed by atoms with E-state index in [1.165, 1.54) is 0 Å². The third-order valence-electron chi connectivity index (χ3n) is 7.48. The molecule has 1 atom stereocenters. The summed E-state index contributed by atoms with van der Waals surface area (Å²) in [5.41, 5.74) is 1.95. The third-order valence-corrected chi connectivity index (χ3v) is 9.39. The maximum atomic E-state index is 13.2. The van der Waals surface area contributed by atoms with Crippen LogP contribution in [0.5, 0.6) is 0 Å². The predicted octanol–water partition coefficient (Wildman–Crippen LogP) is 3.79. The van der Waals surface area contributed by atoms with Crippen molar-refractivity contribution in [2.75, 3.05) is 19.8 Å². The van der Waals surface area contributed by atoms with Crippen molar-refractivity contribution in [2.24, 2.45) is 13.0 Å². The fourth-order valence-electron chi connectivity index (χ4n) is 5.40. The summed E-state index contributed by atoms with van der Waals surface area (Å²) in [5, 5.41) is 1.64. The highest BCUT2D eigenvalue weighted by Gasteiger charge is 2.34. The number of nitrogens with one attached hydrogen (secondary N) is 1. The van der Waals surface area contributed by atoms with E-state index < -0.39 is 10.0 Å². The summed E-state index contributed by atoms with van der Waals surface area (Å²) in [6.45, 7) is 3.83. The van der Waals surface area contributed by atoms with Crippen LogP contribution in [0.3, 0.4) is 0 Å². The molecule has 180 valence electrons. The molecule has 1 aliphatic heterocycles. The van der Waals surface area contributed by atoms with Crippen LogP contribution in [0.4, 0.5) is 0 Å². The first-order chi connectivity index (χ1) is 15.8. The molecule has 0 spiro atoms. The Morgan fingerprint density at radius 3 is 2.55 bits per heavy atom. The average molecular weight is 494 g/mol. The fourth-order valence-corrected chi connectivity index (χ4v) is 7.17. The number of amides is 1. The van der Waals surface area contributed by atoms with Crippen LogP contribution in [-0.2, 0) is 26.6 Å². The molecule has 1 saturated heterocycles. The number of morpholine rings is 1. The van der Waals surface area contributed by atoms with Gasteiger partial charge in [-0.15, -0.1) is 0 Å². The second kappa shape index (κ2) is 8.87. The summed E-state index contributed by atoms with van der Waals surface area (Å²) >= 11 is 6.60. The van der Waals surface area contributed by atoms with Gasteiger partial charge in [0.05, 0.1) is 34.7 Å². The second-order valence-electron chi connectivity index (χ2n) is 9.84. The number of sulfonamides is 1. The van der Waals surface area contributed by atoms with Crippen LogP contribution in [-0.4, -0.2) is 55.6 Å². The monoisotopic (exact) mass is 493 g/mol. The van der Waals surface area contributed by atoms with E-state index >= 15 is 0 Å². The van der Waals surface area contributed by atoms with E-state index in [1.54, 1.807) is 12.1 Å². The highest BCUT2D eigenvalue weighted by molar-refractivity contribution is 7.89. The van der Waals surface area contributed by atoms with Gasteiger partial charge in [-0.2, -0.15) is 0 Å². The topological polar surface area (TPSA) is 80.6 Å². The van der Waals surface area contributed by atoms with E-state index in [4.69, 9.17) is 16.3 Å². The number of hydrogen-bond donors (Lipinski definition) is 1. The Bertz CT molecular complexity index is 1170. The molecule has 2 aliphatic carbocycles. The van der Waals surface area contributed by atoms with Gasteiger partial charge in [-0.1, -0.05) is 11.6 Å². The van der Waals surface area contributed by atoms with Crippen LogP contribution in [0.25, 0.3) is 10.9 Å². The lowest BCUT2D eigenvalue weighted by molar-refractivity contribution is -0.144. The molecule has 1 aromatic carbocycles. The van der Waals surface area contributed by atoms with Crippen molar-refractivity contribution in [3.63, 3.8) is 0 Å². The van der Waals surface area contributed by atoms with Gasteiger partial charge in [0.2, 0.25) is 15.9 Å². The molecule has 2 aromatic rings. The van der Waals surface area contributed by atoms with Gasteiger partial charge >= 0.3 is 0 Å². The minimum absolute atomic E-state index is 0.0333. The van der Waals surface area contributed by atoms with Crippen molar-refractivity contribution >= 4 is 38.4 Å². The van der Waals surface area contributed by atoms with Crippen LogP contribution in [0.15, 0.2) is 23.1 Å². The number of rotatable bonds is 5. The Labute approximate surface area is 200 Å². The largest absolute Gasteiger partial charge is 0.377 e. The molecule has 2 saturated carbocycles. The molecule has 0 bridgehead atoms. The number of benzene rings is 1. The number of nitrogens with zero attached hydrogens (tertiary/aromatic N) is 2. The van der Waals surface area contributed by atoms with E-state index in [0.717, 1.165) is 34.5 Å². The molecule has 0 unspecified atom stereocenters. The van der Waals surface area contributed by atoms with E-state index in [0.29, 0.717) is 51.4 Å². The maximum Gasteiger partial charge on any atom is 0.240 e. The normalized spacial score (nSPS) is 26.6. The van der Waals surface area contributed by atoms with Crippen LogP contribution < -0.4 is 4.72 Å². The molecule has 3 fully saturated rings. The molecule has 9 heteroatoms. The summed E-state index contributed by atoms with van der Waals surface area (Å²) in [7, 11) is -1.70. The van der Waals surface area contributed by atoms with Gasteiger partial charge in [-0.05, 0) is 63.6 Å². The Kier molecular flexibility index (Phi) is 6.22. The summed E-state index contributed by atoms with van der Waals surface area (Å²) in [5.74, 6) is 0.630. The van der Waals surface area contributed by atoms with Crippen molar-refractivity contribution < 1.29 is 17.9 Å². The highest BCUT2D eigenvalue weighted by atomic mass is 35.5. The minimum atomic E-state index is -3.66. The number of hydrogen-bond acceptors (Lipinski definition) is 4. The van der Waals surface area contributed by atoms with E-state index in [2.05, 4.69) is 4.72 Å². The SMILES string of the molecule is C[C@H]1COCCN1C(=O)C1CCC(NS(=O)(=O)c2ccc3c(Cl)c(C4CC4)n(C)c3c2)CC1. The molecule has 1 N–H and O–H groups in total. The Morgan fingerprint density at radius 1 is 1.15 bits per heavy atom. The first kappa shape index (κ1) is 23.1. The number of ether oxygens (including phenoxy) is 1. The van der Waals surface area contributed by atoms with Gasteiger partial charge < -0.3 is 14.2 Å². The zero-order valence-corrected chi connectivity index (χ0v) is 20.8. The van der Waals surface area contributed by atoms with Crippen LogP contribution >= 0.6 is 11.6 Å². The van der Waals surface area contributed by atoms with Gasteiger partial charge in [-0.3, -0.25) is 4.79 Å². The summed E-state index contributed by atoms with van der Waals surface area (Å²) in [6.07, 6.45) is 5.00. The van der Waals surface area contributed by atoms with Crippen molar-refractivity contribution in [3.05, 3.63) is 28.9 Å². The lowest BCUT2D eigenvalue weighted by Crippen LogP contribution is -2.50. The molecule has 2 heterocycles. The Balaban J connectivity index is 1.26. The smallest absolute Gasteiger partial charge is 0.240 e. The number of carbonyl (C=O) groups is 1. The number of halogens is 1. The maximum absolute atomic E-state index is 13.2. The molecule has 3 aliphatic rings. The fraction of sp³-hybridized carbons (Fsp3) is 0.625. The molecule has 33 heavy (non-hydrogen) atoms. The van der Waals surface area contributed by atoms with E-state index in [1.807, 2.05) is 29.5 Å². The van der Waals surface area contributed by atoms with E-state index in [-0.39, 0.29) is 28.8 Å². The van der Waals surface area contributed by atoms with Gasteiger partial charge in [0.25, 0.3) is 0 Å². The lowest BCUT2D eigenvalue weighted by atomic mass is 9.85. The number of aromatic nitrogens is 1. The summed E-state index contributed by atoms with van der Waals surface area (Å²) < 4.78 is 36.7. The third kappa shape index (κ3) is 4.43. The van der Waals surface area contributed by atoms with Crippen LogP contribution in [0.1, 0.15) is 57.1 Å². The molecule has 0 radical (unpaired) electrons.